The molecule has 296 valence electrons. The van der Waals surface area contributed by atoms with Crippen molar-refractivity contribution in [3.8, 4) is 11.5 Å². The number of carbonyl (C=O) groups is 2. The van der Waals surface area contributed by atoms with E-state index in [4.69, 9.17) is 18.9 Å². The fourth-order valence-electron chi connectivity index (χ4n) is 4.53. The second kappa shape index (κ2) is 17.8. The number of carbonyl (C=O) groups excluding carboxylic acids is 2. The lowest BCUT2D eigenvalue weighted by molar-refractivity contribution is -0.385. The summed E-state index contributed by atoms with van der Waals surface area (Å²) < 4.78 is 74.7. The van der Waals surface area contributed by atoms with Gasteiger partial charge in [0.2, 0.25) is 0 Å². The fourth-order valence-corrected chi connectivity index (χ4v) is 5.72. The molecule has 53 heavy (non-hydrogen) atoms. The van der Waals surface area contributed by atoms with Gasteiger partial charge in [0.1, 0.15) is 46.5 Å². The van der Waals surface area contributed by atoms with Gasteiger partial charge in [0.15, 0.2) is 0 Å². The highest BCUT2D eigenvalue weighted by Gasteiger charge is 2.35. The van der Waals surface area contributed by atoms with Crippen molar-refractivity contribution in [1.29, 1.82) is 0 Å². The van der Waals surface area contributed by atoms with Crippen molar-refractivity contribution < 1.29 is 55.6 Å². The number of ether oxygens (including phenoxy) is 4. The number of nitro groups is 2. The van der Waals surface area contributed by atoms with Gasteiger partial charge in [0, 0.05) is 40.3 Å². The minimum absolute atomic E-state index is 0.00667. The lowest BCUT2D eigenvalue weighted by Gasteiger charge is -2.35. The van der Waals surface area contributed by atoms with Crippen LogP contribution in [0.15, 0.2) is 36.4 Å². The summed E-state index contributed by atoms with van der Waals surface area (Å²) in [6.07, 6.45) is -2.68. The molecular formula is C32H46F2N6O12S. The summed E-state index contributed by atoms with van der Waals surface area (Å²) >= 11 is 0. The molecule has 2 aromatic rings. The zero-order valence-corrected chi connectivity index (χ0v) is 32.0. The number of hydrogen-bond acceptors (Lipinski definition) is 12. The summed E-state index contributed by atoms with van der Waals surface area (Å²) in [4.78, 5) is 47.4. The first-order valence-corrected chi connectivity index (χ1v) is 17.4. The van der Waals surface area contributed by atoms with Gasteiger partial charge in [-0.2, -0.15) is 17.0 Å². The largest absolute Gasteiger partial charge is 0.487 e. The quantitative estimate of drug-likeness (QED) is 0.235. The molecule has 1 saturated heterocycles. The summed E-state index contributed by atoms with van der Waals surface area (Å²) in [5, 5.41) is 21.7. The molecule has 1 aliphatic heterocycles. The van der Waals surface area contributed by atoms with E-state index in [-0.39, 0.29) is 37.7 Å². The Morgan fingerprint density at radius 3 is 1.55 bits per heavy atom. The third-order valence-electron chi connectivity index (χ3n) is 6.81. The summed E-state index contributed by atoms with van der Waals surface area (Å²) in [6, 6.07) is 5.73. The highest BCUT2D eigenvalue weighted by molar-refractivity contribution is 7.86. The molecule has 0 radical (unpaired) electrons. The first kappa shape index (κ1) is 44.3. The molecule has 1 aliphatic rings. The third kappa shape index (κ3) is 14.6. The molecule has 1 heterocycles. The average molecular weight is 777 g/mol. The maximum Gasteiger partial charge on any atom is 0.410 e. The minimum atomic E-state index is -3.49. The second-order valence-corrected chi connectivity index (χ2v) is 16.2. The number of amides is 2. The van der Waals surface area contributed by atoms with E-state index in [9.17, 15) is 47.0 Å². The van der Waals surface area contributed by atoms with Crippen LogP contribution in [0.2, 0.25) is 0 Å². The molecule has 18 nitrogen and oxygen atoms in total. The van der Waals surface area contributed by atoms with Gasteiger partial charge >= 0.3 is 12.2 Å². The summed E-state index contributed by atoms with van der Waals surface area (Å²) in [5.74, 6) is -1.76. The lowest BCUT2D eigenvalue weighted by Crippen LogP contribution is -2.54. The van der Waals surface area contributed by atoms with Gasteiger partial charge in [-0.15, -0.1) is 0 Å². The van der Waals surface area contributed by atoms with E-state index in [1.54, 1.807) is 41.5 Å². The molecular weight excluding hydrogens is 730 g/mol. The van der Waals surface area contributed by atoms with Gasteiger partial charge in [0.05, 0.1) is 60.3 Å². The van der Waals surface area contributed by atoms with Crippen molar-refractivity contribution in [3.05, 3.63) is 68.3 Å². The van der Waals surface area contributed by atoms with E-state index in [0.29, 0.717) is 0 Å². The van der Waals surface area contributed by atoms with Crippen LogP contribution in [0.1, 0.15) is 41.5 Å². The van der Waals surface area contributed by atoms with Crippen molar-refractivity contribution >= 4 is 33.8 Å². The number of nitrogens with zero attached hydrogens (tertiary/aromatic N) is 6. The summed E-state index contributed by atoms with van der Waals surface area (Å²) in [5.41, 5.74) is -2.36. The summed E-state index contributed by atoms with van der Waals surface area (Å²) in [7, 11) is 2.26. The Labute approximate surface area is 306 Å². The molecule has 0 saturated carbocycles. The van der Waals surface area contributed by atoms with Gasteiger partial charge in [0.25, 0.3) is 21.6 Å². The van der Waals surface area contributed by atoms with Gasteiger partial charge < -0.3 is 28.7 Å². The van der Waals surface area contributed by atoms with Crippen LogP contribution in [0.3, 0.4) is 0 Å². The normalized spacial score (nSPS) is 15.1. The van der Waals surface area contributed by atoms with Crippen molar-refractivity contribution in [2.75, 3.05) is 54.4 Å². The van der Waals surface area contributed by atoms with Gasteiger partial charge in [-0.05, 0) is 41.5 Å². The van der Waals surface area contributed by atoms with Crippen LogP contribution in [0.25, 0.3) is 0 Å². The summed E-state index contributed by atoms with van der Waals surface area (Å²) in [6.45, 7) is 10.4. The Kier molecular flexibility index (Phi) is 14.8. The van der Waals surface area contributed by atoms with E-state index >= 15 is 0 Å². The van der Waals surface area contributed by atoms with Crippen molar-refractivity contribution in [2.45, 2.75) is 65.0 Å². The van der Waals surface area contributed by atoms with Crippen LogP contribution in [-0.2, 0) is 19.7 Å². The number of rotatable bonds is 10. The van der Waals surface area contributed by atoms with Crippen molar-refractivity contribution in [1.82, 2.24) is 18.4 Å². The first-order chi connectivity index (χ1) is 24.2. The monoisotopic (exact) mass is 776 g/mol. The second-order valence-electron chi connectivity index (χ2n) is 14.1. The van der Waals surface area contributed by atoms with E-state index in [1.165, 1.54) is 38.0 Å². The van der Waals surface area contributed by atoms with Crippen LogP contribution < -0.4 is 9.47 Å². The van der Waals surface area contributed by atoms with Gasteiger partial charge in [-0.3, -0.25) is 20.2 Å². The van der Waals surface area contributed by atoms with E-state index in [0.717, 1.165) is 45.0 Å². The molecule has 0 aromatic heterocycles. The molecule has 21 heteroatoms. The number of hydrogen-bond donors (Lipinski definition) is 0. The molecule has 3 rings (SSSR count). The molecule has 0 N–H and O–H groups in total. The van der Waals surface area contributed by atoms with Crippen molar-refractivity contribution in [2.24, 2.45) is 0 Å². The molecule has 0 spiro atoms. The number of benzene rings is 2. The number of halogens is 2. The molecule has 0 aliphatic carbocycles. The zero-order chi connectivity index (χ0) is 40.6. The maximum atomic E-state index is 13.8. The predicted molar refractivity (Wildman–Crippen MR) is 187 cm³/mol. The Bertz CT molecular complexity index is 1700. The highest BCUT2D eigenvalue weighted by atomic mass is 32.2. The fraction of sp³-hybridized carbons (Fsp3) is 0.562. The molecule has 0 unspecified atom stereocenters. The van der Waals surface area contributed by atoms with Crippen LogP contribution >= 0.6 is 0 Å². The molecule has 2 amide bonds. The third-order valence-corrected chi connectivity index (χ3v) is 8.69. The zero-order valence-electron chi connectivity index (χ0n) is 31.2. The lowest BCUT2D eigenvalue weighted by atomic mass is 10.2. The molecule has 0 atom stereocenters. The number of non-ortho nitro benzene ring substituents is 2. The van der Waals surface area contributed by atoms with Gasteiger partial charge in [-0.25, -0.2) is 18.4 Å². The number of nitro benzene ring substituents is 2. The molecule has 0 bridgehead atoms. The Morgan fingerprint density at radius 2 is 1.17 bits per heavy atom. The highest BCUT2D eigenvalue weighted by Crippen LogP contribution is 2.26. The predicted octanol–water partition coefficient (Wildman–Crippen LogP) is 4.82. The van der Waals surface area contributed by atoms with E-state index in [2.05, 4.69) is 0 Å². The Morgan fingerprint density at radius 1 is 0.792 bits per heavy atom. The van der Waals surface area contributed by atoms with E-state index < -0.39 is 78.7 Å². The average Bonchev–Trinajstić information content (AvgIpc) is 2.98. The van der Waals surface area contributed by atoms with Crippen LogP contribution in [-0.4, -0.2) is 127 Å². The smallest absolute Gasteiger partial charge is 0.410 e. The Balaban J connectivity index is 0.000000398. The maximum absolute atomic E-state index is 13.8. The molecule has 1 fully saturated rings. The molecule has 2 aromatic carbocycles. The van der Waals surface area contributed by atoms with Crippen LogP contribution in [0, 0.1) is 31.9 Å². The Hall–Kier alpha value is -4.89. The van der Waals surface area contributed by atoms with E-state index in [1.807, 2.05) is 0 Å². The SMILES string of the molecule is CN(CC(CN(C)C(=O)OC(C)(C)C)Oc1cc(F)cc([N+](=O)[O-])c1)C(=O)OC(C)(C)C.CN1CC(Oc2cc(F)cc([N+](=O)[O-])c2)CN(C)S1(=O)=O. The van der Waals surface area contributed by atoms with Crippen LogP contribution in [0.5, 0.6) is 11.5 Å². The minimum Gasteiger partial charge on any atom is -0.487 e. The standard InChI is InChI=1S/C21H32FN3O7.C11H14FN3O5S/c1-20(2,3)31-18(26)23(7)12-17(13-24(8)19(27)32-21(4,5)6)30-16-10-14(22)9-15(11-16)25(28)29;1-13-6-11(7-14(2)21(13,18)19)20-10-4-8(12)3-9(5-10)15(16)17/h9-11,17H,12-13H2,1-8H3;3-5,11H,6-7H2,1-2H3. The topological polar surface area (TPSA) is 204 Å². The van der Waals surface area contributed by atoms with Crippen LogP contribution in [0.4, 0.5) is 29.7 Å². The van der Waals surface area contributed by atoms with Crippen molar-refractivity contribution in [3.63, 3.8) is 0 Å². The first-order valence-electron chi connectivity index (χ1n) is 16.0. The number of likely N-dealkylation sites (N-methyl/N-ethyl adjacent to an activating group) is 4. The van der Waals surface area contributed by atoms with Gasteiger partial charge in [-0.1, -0.05) is 0 Å².